The molecule has 3 aromatic heterocycles. The van der Waals surface area contributed by atoms with Gasteiger partial charge in [-0.05, 0) is 75.1 Å². The summed E-state index contributed by atoms with van der Waals surface area (Å²) in [4.78, 5) is 35.7. The second kappa shape index (κ2) is 8.78. The van der Waals surface area contributed by atoms with Gasteiger partial charge in [0, 0.05) is 28.7 Å². The lowest BCUT2D eigenvalue weighted by Crippen LogP contribution is -2.38. The van der Waals surface area contributed by atoms with E-state index in [1.807, 2.05) is 43.3 Å². The first-order chi connectivity index (χ1) is 16.0. The summed E-state index contributed by atoms with van der Waals surface area (Å²) in [5.41, 5.74) is 8.35. The van der Waals surface area contributed by atoms with Crippen molar-refractivity contribution in [2.45, 2.75) is 44.7 Å². The molecule has 4 aromatic rings. The second-order valence-corrected chi connectivity index (χ2v) is 9.78. The minimum atomic E-state index is -0.477. The standard InChI is InChI=1S/C25H25N5O2S/c1-15-8-11-22(33-15)25(32)28-17-5-4-6-18(14-17)30-21-10-9-16(23(26)31)13-20(21)29-24(30)19-7-2-3-12-27-19/h2-3,7-13,17-18H,4-6,14H2,1H3,(H2,26,31)(H,28,32)/t17-,18+/m1/s1. The Bertz CT molecular complexity index is 1330. The number of fused-ring (bicyclic) bond motifs is 1. The van der Waals surface area contributed by atoms with Crippen molar-refractivity contribution in [2.24, 2.45) is 5.73 Å². The zero-order valence-electron chi connectivity index (χ0n) is 18.3. The molecule has 33 heavy (non-hydrogen) atoms. The first-order valence-corrected chi connectivity index (χ1v) is 11.9. The number of aromatic nitrogens is 3. The predicted molar refractivity (Wildman–Crippen MR) is 129 cm³/mol. The summed E-state index contributed by atoms with van der Waals surface area (Å²) in [5.74, 6) is 0.276. The van der Waals surface area contributed by atoms with Crippen molar-refractivity contribution in [3.63, 3.8) is 0 Å². The third-order valence-corrected chi connectivity index (χ3v) is 7.18. The summed E-state index contributed by atoms with van der Waals surface area (Å²) < 4.78 is 2.22. The summed E-state index contributed by atoms with van der Waals surface area (Å²) >= 11 is 1.51. The minimum absolute atomic E-state index is 0.00899. The van der Waals surface area contributed by atoms with Gasteiger partial charge >= 0.3 is 0 Å². The van der Waals surface area contributed by atoms with Crippen LogP contribution in [-0.4, -0.2) is 32.4 Å². The van der Waals surface area contributed by atoms with Crippen LogP contribution >= 0.6 is 11.3 Å². The van der Waals surface area contributed by atoms with Crippen molar-refractivity contribution in [2.75, 3.05) is 0 Å². The average Bonchev–Trinajstić information content (AvgIpc) is 3.43. The molecule has 8 heteroatoms. The number of rotatable bonds is 5. The molecule has 1 aliphatic rings. The molecule has 1 saturated carbocycles. The van der Waals surface area contributed by atoms with Crippen molar-refractivity contribution in [1.29, 1.82) is 0 Å². The number of carbonyl (C=O) groups excluding carboxylic acids is 2. The van der Waals surface area contributed by atoms with Gasteiger partial charge in [0.25, 0.3) is 5.91 Å². The number of hydrogen-bond acceptors (Lipinski definition) is 5. The Balaban J connectivity index is 1.49. The van der Waals surface area contributed by atoms with E-state index in [2.05, 4.69) is 14.9 Å². The molecule has 0 aliphatic heterocycles. The highest BCUT2D eigenvalue weighted by atomic mass is 32.1. The Morgan fingerprint density at radius 3 is 2.76 bits per heavy atom. The van der Waals surface area contributed by atoms with Crippen LogP contribution in [0.5, 0.6) is 0 Å². The van der Waals surface area contributed by atoms with E-state index in [1.165, 1.54) is 11.3 Å². The third-order valence-electron chi connectivity index (χ3n) is 6.18. The Hall–Kier alpha value is -3.52. The molecule has 0 spiro atoms. The van der Waals surface area contributed by atoms with Crippen LogP contribution in [0.2, 0.25) is 0 Å². The van der Waals surface area contributed by atoms with Gasteiger partial charge in [0.1, 0.15) is 5.69 Å². The van der Waals surface area contributed by atoms with Crippen LogP contribution in [0.4, 0.5) is 0 Å². The lowest BCUT2D eigenvalue weighted by atomic mass is 9.90. The van der Waals surface area contributed by atoms with Gasteiger partial charge in [0.05, 0.1) is 15.9 Å². The third kappa shape index (κ3) is 4.26. The van der Waals surface area contributed by atoms with Crippen LogP contribution in [-0.2, 0) is 0 Å². The quantitative estimate of drug-likeness (QED) is 0.459. The van der Waals surface area contributed by atoms with E-state index in [0.717, 1.165) is 52.5 Å². The number of pyridine rings is 1. The van der Waals surface area contributed by atoms with Crippen LogP contribution in [0.15, 0.2) is 54.7 Å². The topological polar surface area (TPSA) is 103 Å². The Labute approximate surface area is 195 Å². The molecule has 7 nitrogen and oxygen atoms in total. The summed E-state index contributed by atoms with van der Waals surface area (Å²) in [6.07, 6.45) is 5.48. The number of amides is 2. The highest BCUT2D eigenvalue weighted by Gasteiger charge is 2.29. The normalized spacial score (nSPS) is 18.3. The Morgan fingerprint density at radius 2 is 2.03 bits per heavy atom. The molecule has 5 rings (SSSR count). The van der Waals surface area contributed by atoms with Crippen LogP contribution < -0.4 is 11.1 Å². The maximum atomic E-state index is 12.7. The highest BCUT2D eigenvalue weighted by Crippen LogP contribution is 2.36. The molecule has 168 valence electrons. The second-order valence-electron chi connectivity index (χ2n) is 8.49. The number of hydrogen-bond donors (Lipinski definition) is 2. The summed E-state index contributed by atoms with van der Waals surface area (Å²) in [5, 5.41) is 3.23. The largest absolute Gasteiger partial charge is 0.366 e. The van der Waals surface area contributed by atoms with E-state index in [9.17, 15) is 9.59 Å². The molecule has 2 amide bonds. The molecule has 3 N–H and O–H groups in total. The fourth-order valence-corrected chi connectivity index (χ4v) is 5.41. The SMILES string of the molecule is Cc1ccc(C(=O)N[C@@H]2CCC[C@H](n3c(-c4ccccn4)nc4cc(C(N)=O)ccc43)C2)s1. The van der Waals surface area contributed by atoms with Gasteiger partial charge < -0.3 is 15.6 Å². The van der Waals surface area contributed by atoms with E-state index >= 15 is 0 Å². The number of primary amides is 1. The molecule has 0 radical (unpaired) electrons. The zero-order valence-corrected chi connectivity index (χ0v) is 19.1. The number of nitrogens with two attached hydrogens (primary N) is 1. The molecule has 1 aromatic carbocycles. The van der Waals surface area contributed by atoms with E-state index in [0.29, 0.717) is 11.1 Å². The minimum Gasteiger partial charge on any atom is -0.366 e. The van der Waals surface area contributed by atoms with E-state index in [-0.39, 0.29) is 18.0 Å². The lowest BCUT2D eigenvalue weighted by molar-refractivity contribution is 0.0924. The first kappa shape index (κ1) is 21.3. The maximum absolute atomic E-state index is 12.7. The van der Waals surface area contributed by atoms with Gasteiger partial charge in [0.15, 0.2) is 5.82 Å². The summed E-state index contributed by atoms with van der Waals surface area (Å²) in [7, 11) is 0. The van der Waals surface area contributed by atoms with Crippen LogP contribution in [0.3, 0.4) is 0 Å². The van der Waals surface area contributed by atoms with Crippen LogP contribution in [0.25, 0.3) is 22.6 Å². The molecule has 0 bridgehead atoms. The number of carbonyl (C=O) groups is 2. The van der Waals surface area contributed by atoms with Gasteiger partial charge in [-0.15, -0.1) is 11.3 Å². The van der Waals surface area contributed by atoms with Gasteiger partial charge in [-0.2, -0.15) is 0 Å². The fourth-order valence-electron chi connectivity index (χ4n) is 4.64. The lowest BCUT2D eigenvalue weighted by Gasteiger charge is -2.31. The number of nitrogens with one attached hydrogen (secondary N) is 1. The smallest absolute Gasteiger partial charge is 0.261 e. The monoisotopic (exact) mass is 459 g/mol. The molecular formula is C25H25N5O2S. The van der Waals surface area contributed by atoms with Crippen LogP contribution in [0, 0.1) is 6.92 Å². The highest BCUT2D eigenvalue weighted by molar-refractivity contribution is 7.13. The Kier molecular flexibility index (Phi) is 5.68. The zero-order chi connectivity index (χ0) is 22.9. The van der Waals surface area contributed by atoms with Gasteiger partial charge in [-0.1, -0.05) is 6.07 Å². The number of aryl methyl sites for hydroxylation is 1. The van der Waals surface area contributed by atoms with Crippen molar-refractivity contribution >= 4 is 34.2 Å². The van der Waals surface area contributed by atoms with E-state index < -0.39 is 5.91 Å². The van der Waals surface area contributed by atoms with E-state index in [4.69, 9.17) is 10.7 Å². The van der Waals surface area contributed by atoms with Crippen molar-refractivity contribution in [3.05, 3.63) is 70.0 Å². The Morgan fingerprint density at radius 1 is 1.15 bits per heavy atom. The van der Waals surface area contributed by atoms with Gasteiger partial charge in [0.2, 0.25) is 5.91 Å². The van der Waals surface area contributed by atoms with E-state index in [1.54, 1.807) is 18.3 Å². The number of imidazole rings is 1. The molecule has 1 aliphatic carbocycles. The molecule has 2 atom stereocenters. The molecule has 0 saturated heterocycles. The number of thiophene rings is 1. The average molecular weight is 460 g/mol. The predicted octanol–water partition coefficient (Wildman–Crippen LogP) is 4.48. The molecule has 0 unspecified atom stereocenters. The van der Waals surface area contributed by atoms with Crippen molar-refractivity contribution in [1.82, 2.24) is 19.9 Å². The molecular weight excluding hydrogens is 434 g/mol. The fraction of sp³-hybridized carbons (Fsp3) is 0.280. The first-order valence-electron chi connectivity index (χ1n) is 11.1. The number of nitrogens with zero attached hydrogens (tertiary/aromatic N) is 3. The molecule has 3 heterocycles. The van der Waals surface area contributed by atoms with Crippen LogP contribution in [0.1, 0.15) is 56.6 Å². The van der Waals surface area contributed by atoms with Crippen molar-refractivity contribution < 1.29 is 9.59 Å². The van der Waals surface area contributed by atoms with Crippen molar-refractivity contribution in [3.8, 4) is 11.5 Å². The molecule has 1 fully saturated rings. The number of benzene rings is 1. The van der Waals surface area contributed by atoms with Gasteiger partial charge in [-0.3, -0.25) is 14.6 Å². The summed E-state index contributed by atoms with van der Waals surface area (Å²) in [6.45, 7) is 2.00. The maximum Gasteiger partial charge on any atom is 0.261 e. The summed E-state index contributed by atoms with van der Waals surface area (Å²) in [6, 6.07) is 15.2. The van der Waals surface area contributed by atoms with Gasteiger partial charge in [-0.25, -0.2) is 4.98 Å².